The summed E-state index contributed by atoms with van der Waals surface area (Å²) >= 11 is 7.15. The van der Waals surface area contributed by atoms with Gasteiger partial charge in [0.2, 0.25) is 10.0 Å². The van der Waals surface area contributed by atoms with Crippen LogP contribution in [0.1, 0.15) is 10.4 Å². The number of nitrogens with zero attached hydrogens (tertiary/aromatic N) is 2. The van der Waals surface area contributed by atoms with Crippen LogP contribution in [0.15, 0.2) is 46.7 Å². The minimum absolute atomic E-state index is 0.00924. The zero-order valence-corrected chi connectivity index (χ0v) is 18.5. The molecule has 1 aromatic heterocycles. The van der Waals surface area contributed by atoms with Crippen LogP contribution in [0, 0.1) is 5.82 Å². The lowest BCUT2D eigenvalue weighted by Gasteiger charge is -2.13. The van der Waals surface area contributed by atoms with E-state index < -0.39 is 21.7 Å². The van der Waals surface area contributed by atoms with Gasteiger partial charge in [-0.2, -0.15) is 0 Å². The van der Waals surface area contributed by atoms with Gasteiger partial charge in [-0.1, -0.05) is 11.6 Å². The van der Waals surface area contributed by atoms with Crippen LogP contribution >= 0.6 is 22.9 Å². The van der Waals surface area contributed by atoms with Crippen molar-refractivity contribution in [3.8, 4) is 17.0 Å². The molecule has 3 rings (SSSR count). The SMILES string of the molecule is COc1ccc(F)cc1-c1csc(NC(=O)c2ccc(Cl)c(S(=O)(=O)N(C)C)c2)n1. The summed E-state index contributed by atoms with van der Waals surface area (Å²) in [5.74, 6) is -0.565. The van der Waals surface area contributed by atoms with Gasteiger partial charge in [0.15, 0.2) is 5.13 Å². The first-order valence-corrected chi connectivity index (χ1v) is 11.2. The predicted octanol–water partition coefficient (Wildman–Crippen LogP) is 4.11. The third-order valence-corrected chi connectivity index (χ3v) is 7.17. The number of sulfonamides is 1. The monoisotopic (exact) mass is 469 g/mol. The Bertz CT molecular complexity index is 1210. The summed E-state index contributed by atoms with van der Waals surface area (Å²) in [6.07, 6.45) is 0. The Labute approximate surface area is 182 Å². The van der Waals surface area contributed by atoms with Gasteiger partial charge in [0.05, 0.1) is 17.8 Å². The van der Waals surface area contributed by atoms with E-state index in [1.807, 2.05) is 0 Å². The molecule has 2 aromatic carbocycles. The lowest BCUT2D eigenvalue weighted by atomic mass is 10.1. The highest BCUT2D eigenvalue weighted by atomic mass is 35.5. The van der Waals surface area contributed by atoms with E-state index in [0.717, 1.165) is 15.6 Å². The molecule has 0 aliphatic carbocycles. The van der Waals surface area contributed by atoms with E-state index >= 15 is 0 Å². The molecule has 0 unspecified atom stereocenters. The van der Waals surface area contributed by atoms with Crippen molar-refractivity contribution < 1.29 is 22.3 Å². The molecular weight excluding hydrogens is 453 g/mol. The Morgan fingerprint density at radius 2 is 1.97 bits per heavy atom. The highest BCUT2D eigenvalue weighted by molar-refractivity contribution is 7.89. The van der Waals surface area contributed by atoms with Gasteiger partial charge in [-0.25, -0.2) is 22.1 Å². The van der Waals surface area contributed by atoms with Gasteiger partial charge in [-0.15, -0.1) is 11.3 Å². The average Bonchev–Trinajstić information content (AvgIpc) is 3.16. The first-order chi connectivity index (χ1) is 14.1. The number of thiazole rings is 1. The number of ether oxygens (including phenoxy) is 1. The molecule has 1 amide bonds. The molecular formula is C19H17ClFN3O4S2. The van der Waals surface area contributed by atoms with Crippen LogP contribution < -0.4 is 10.1 Å². The normalized spacial score (nSPS) is 11.5. The van der Waals surface area contributed by atoms with E-state index in [-0.39, 0.29) is 20.6 Å². The molecule has 0 saturated heterocycles. The lowest BCUT2D eigenvalue weighted by Crippen LogP contribution is -2.23. The smallest absolute Gasteiger partial charge is 0.257 e. The van der Waals surface area contributed by atoms with Gasteiger partial charge < -0.3 is 4.74 Å². The third-order valence-electron chi connectivity index (χ3n) is 4.11. The van der Waals surface area contributed by atoms with Crippen molar-refractivity contribution in [2.24, 2.45) is 0 Å². The molecule has 30 heavy (non-hydrogen) atoms. The number of amides is 1. The molecule has 0 spiro atoms. The Hall–Kier alpha value is -2.53. The summed E-state index contributed by atoms with van der Waals surface area (Å²) < 4.78 is 44.6. The second-order valence-corrected chi connectivity index (χ2v) is 9.65. The maximum absolute atomic E-state index is 13.6. The first kappa shape index (κ1) is 22.2. The molecule has 11 heteroatoms. The van der Waals surface area contributed by atoms with Crippen molar-refractivity contribution in [1.29, 1.82) is 0 Å². The lowest BCUT2D eigenvalue weighted by molar-refractivity contribution is 0.102. The van der Waals surface area contributed by atoms with E-state index in [4.69, 9.17) is 16.3 Å². The van der Waals surface area contributed by atoms with Crippen LogP contribution in [0.4, 0.5) is 9.52 Å². The van der Waals surface area contributed by atoms with Crippen molar-refractivity contribution in [3.63, 3.8) is 0 Å². The van der Waals surface area contributed by atoms with Gasteiger partial charge in [-0.3, -0.25) is 10.1 Å². The van der Waals surface area contributed by atoms with E-state index in [1.165, 1.54) is 57.6 Å². The molecule has 0 aliphatic heterocycles. The molecule has 0 fully saturated rings. The minimum atomic E-state index is -3.82. The number of hydrogen-bond acceptors (Lipinski definition) is 6. The zero-order valence-electron chi connectivity index (χ0n) is 16.1. The number of nitrogens with one attached hydrogen (secondary N) is 1. The fourth-order valence-corrected chi connectivity index (χ4v) is 4.64. The molecule has 0 saturated carbocycles. The van der Waals surface area contributed by atoms with E-state index in [1.54, 1.807) is 5.38 Å². The fraction of sp³-hybridized carbons (Fsp3) is 0.158. The maximum Gasteiger partial charge on any atom is 0.257 e. The Kier molecular flexibility index (Phi) is 6.41. The third kappa shape index (κ3) is 4.46. The number of benzene rings is 2. The van der Waals surface area contributed by atoms with Crippen LogP contribution in [-0.2, 0) is 10.0 Å². The molecule has 0 aliphatic rings. The molecule has 7 nitrogen and oxygen atoms in total. The molecule has 1 heterocycles. The van der Waals surface area contributed by atoms with Gasteiger partial charge in [0.25, 0.3) is 5.91 Å². The number of aromatic nitrogens is 1. The number of halogens is 2. The van der Waals surface area contributed by atoms with Crippen molar-refractivity contribution >= 4 is 44.0 Å². The Morgan fingerprint density at radius 3 is 2.63 bits per heavy atom. The minimum Gasteiger partial charge on any atom is -0.496 e. The quantitative estimate of drug-likeness (QED) is 0.586. The fourth-order valence-electron chi connectivity index (χ4n) is 2.54. The number of carbonyl (C=O) groups excluding carboxylic acids is 1. The number of methoxy groups -OCH3 is 1. The molecule has 0 atom stereocenters. The Morgan fingerprint density at radius 1 is 1.23 bits per heavy atom. The van der Waals surface area contributed by atoms with Gasteiger partial charge in [0.1, 0.15) is 16.5 Å². The van der Waals surface area contributed by atoms with Gasteiger partial charge in [-0.05, 0) is 36.4 Å². The van der Waals surface area contributed by atoms with Crippen LogP contribution in [0.3, 0.4) is 0 Å². The molecule has 0 radical (unpaired) electrons. The summed E-state index contributed by atoms with van der Waals surface area (Å²) in [4.78, 5) is 16.7. The summed E-state index contributed by atoms with van der Waals surface area (Å²) in [6, 6.07) is 8.02. The van der Waals surface area contributed by atoms with Crippen molar-refractivity contribution in [1.82, 2.24) is 9.29 Å². The molecule has 158 valence electrons. The predicted molar refractivity (Wildman–Crippen MR) is 114 cm³/mol. The summed E-state index contributed by atoms with van der Waals surface area (Å²) in [6.45, 7) is 0. The average molecular weight is 470 g/mol. The van der Waals surface area contributed by atoms with E-state index in [0.29, 0.717) is 17.0 Å². The summed E-state index contributed by atoms with van der Waals surface area (Å²) in [5, 5.41) is 4.53. The maximum atomic E-state index is 13.6. The topological polar surface area (TPSA) is 88.6 Å². The molecule has 0 bridgehead atoms. The second kappa shape index (κ2) is 8.68. The van der Waals surface area contributed by atoms with Crippen molar-refractivity contribution in [2.75, 3.05) is 26.5 Å². The van der Waals surface area contributed by atoms with Crippen molar-refractivity contribution in [3.05, 3.63) is 58.2 Å². The van der Waals surface area contributed by atoms with Crippen molar-refractivity contribution in [2.45, 2.75) is 4.90 Å². The van der Waals surface area contributed by atoms with E-state index in [2.05, 4.69) is 10.3 Å². The van der Waals surface area contributed by atoms with Crippen LogP contribution in [0.25, 0.3) is 11.3 Å². The largest absolute Gasteiger partial charge is 0.496 e. The Balaban J connectivity index is 1.87. The molecule has 1 N–H and O–H groups in total. The van der Waals surface area contributed by atoms with Crippen LogP contribution in [-0.4, -0.2) is 44.8 Å². The number of hydrogen-bond donors (Lipinski definition) is 1. The summed E-state index contributed by atoms with van der Waals surface area (Å²) in [5.41, 5.74) is 0.971. The van der Waals surface area contributed by atoms with Gasteiger partial charge >= 0.3 is 0 Å². The zero-order chi connectivity index (χ0) is 22.1. The number of carbonyl (C=O) groups is 1. The number of rotatable bonds is 6. The van der Waals surface area contributed by atoms with E-state index in [9.17, 15) is 17.6 Å². The van der Waals surface area contributed by atoms with Crippen LogP contribution in [0.2, 0.25) is 5.02 Å². The first-order valence-electron chi connectivity index (χ1n) is 8.46. The molecule has 3 aromatic rings. The highest BCUT2D eigenvalue weighted by Gasteiger charge is 2.23. The standard InChI is InChI=1S/C19H17ClFN3O4S2/c1-24(2)30(26,27)17-8-11(4-6-14(17)20)18(25)23-19-22-15(10-29-19)13-9-12(21)5-7-16(13)28-3/h4-10H,1-3H3,(H,22,23,25). The number of anilines is 1. The second-order valence-electron chi connectivity index (χ2n) is 6.27. The van der Waals surface area contributed by atoms with Gasteiger partial charge in [0, 0.05) is 30.6 Å². The summed E-state index contributed by atoms with van der Waals surface area (Å²) in [7, 11) is 0.385. The highest BCUT2D eigenvalue weighted by Crippen LogP contribution is 2.33. The van der Waals surface area contributed by atoms with Crippen LogP contribution in [0.5, 0.6) is 5.75 Å².